The average Bonchev–Trinajstić information content (AvgIpc) is 3.25. The molecule has 0 saturated carbocycles. The molecule has 3 aromatic rings. The Morgan fingerprint density at radius 2 is 1.52 bits per heavy atom. The van der Waals surface area contributed by atoms with Crippen LogP contribution in [0.15, 0.2) is 87.5 Å². The minimum atomic E-state index is -3.74. The molecule has 308 valence electrons. The van der Waals surface area contributed by atoms with Gasteiger partial charge < -0.3 is 28.5 Å². The first kappa shape index (κ1) is 44.1. The molecule has 56 heavy (non-hydrogen) atoms. The first-order valence-corrected chi connectivity index (χ1v) is 25.7. The van der Waals surface area contributed by atoms with Gasteiger partial charge in [-0.1, -0.05) is 109 Å². The molecule has 0 bridgehead atoms. The van der Waals surface area contributed by atoms with E-state index in [2.05, 4.69) is 35.6 Å². The maximum absolute atomic E-state index is 12.9. The molecular formula is C40H61N4O9PSi2. The summed E-state index contributed by atoms with van der Waals surface area (Å²) in [5.74, 6) is -0.798. The molecular weight excluding hydrogens is 768 g/mol. The van der Waals surface area contributed by atoms with E-state index in [1.807, 2.05) is 94.5 Å². The van der Waals surface area contributed by atoms with Crippen molar-refractivity contribution in [2.24, 2.45) is 4.99 Å². The average molecular weight is 829 g/mol. The largest absolute Gasteiger partial charge is 0.405 e. The van der Waals surface area contributed by atoms with Gasteiger partial charge in [-0.15, -0.1) is 0 Å². The number of nitrogens with zero attached hydrogens (tertiary/aromatic N) is 3. The molecule has 0 aliphatic carbocycles. The van der Waals surface area contributed by atoms with Crippen LogP contribution in [0.25, 0.3) is 0 Å². The summed E-state index contributed by atoms with van der Waals surface area (Å²) in [6, 6.07) is 20.9. The van der Waals surface area contributed by atoms with Gasteiger partial charge in [0.05, 0.1) is 12.4 Å². The number of nitrogens with one attached hydrogen (secondary N) is 1. The number of aromatic amines is 1. The summed E-state index contributed by atoms with van der Waals surface area (Å²) < 4.78 is 39.5. The molecule has 3 aliphatic rings. The van der Waals surface area contributed by atoms with E-state index in [0.29, 0.717) is 0 Å². The second-order valence-electron chi connectivity index (χ2n) is 17.4. The Morgan fingerprint density at radius 1 is 0.911 bits per heavy atom. The van der Waals surface area contributed by atoms with Crippen LogP contribution in [-0.4, -0.2) is 91.2 Å². The van der Waals surface area contributed by atoms with Crippen molar-refractivity contribution in [3.8, 4) is 0 Å². The van der Waals surface area contributed by atoms with Crippen LogP contribution in [0.3, 0.4) is 0 Å². The van der Waals surface area contributed by atoms with Crippen molar-refractivity contribution in [1.29, 1.82) is 0 Å². The molecule has 16 heteroatoms. The Labute approximate surface area is 333 Å². The number of ether oxygens (including phenoxy) is 1. The lowest BCUT2D eigenvalue weighted by Gasteiger charge is -2.47. The van der Waals surface area contributed by atoms with Gasteiger partial charge in [-0.3, -0.25) is 28.4 Å². The normalized spacial score (nSPS) is 24.0. The topological polar surface area (TPSA) is 165 Å². The molecule has 1 aromatic heterocycles. The Morgan fingerprint density at radius 3 is 2.07 bits per heavy atom. The molecule has 2 saturated heterocycles. The van der Waals surface area contributed by atoms with Crippen LogP contribution >= 0.6 is 8.25 Å². The van der Waals surface area contributed by atoms with Gasteiger partial charge in [0.25, 0.3) is 13.9 Å². The van der Waals surface area contributed by atoms with Crippen LogP contribution in [0.1, 0.15) is 79.9 Å². The van der Waals surface area contributed by atoms with Gasteiger partial charge >= 0.3 is 13.9 Å². The zero-order valence-corrected chi connectivity index (χ0v) is 37.1. The van der Waals surface area contributed by atoms with Gasteiger partial charge in [-0.2, -0.15) is 0 Å². The molecule has 5 atom stereocenters. The standard InChI is InChI=1S/C31H45N2O9PSi2.C9H16N2/c1-29(2,3)44(7,8)42-31(41-43(37)38)24(40-27(26(31)35)33-20-19-25(34)32-28(33)36)21-39-45(30(4,5)6,22-15-11-9-12-16-22)23-17-13-10-14-18-23;1-2-5-9-10-6-4-8-11(9)7-3-1/h9-20,24,26-27,35,43H,21H2,1-8H3,(H,37,38)(H,32,34,36);1-8H2/t24-,26+,27-,31+;/m1./s1. The van der Waals surface area contributed by atoms with Crippen LogP contribution < -0.4 is 21.6 Å². The number of hydrogen-bond donors (Lipinski definition) is 3. The summed E-state index contributed by atoms with van der Waals surface area (Å²) in [4.78, 5) is 44.2. The van der Waals surface area contributed by atoms with Gasteiger partial charge in [0, 0.05) is 38.3 Å². The van der Waals surface area contributed by atoms with Crippen LogP contribution in [-0.2, 0) is 22.7 Å². The van der Waals surface area contributed by atoms with Crippen molar-refractivity contribution >= 4 is 41.1 Å². The van der Waals surface area contributed by atoms with Gasteiger partial charge in [-0.25, -0.2) is 4.79 Å². The lowest BCUT2D eigenvalue weighted by molar-refractivity contribution is -0.204. The van der Waals surface area contributed by atoms with Gasteiger partial charge in [0.15, 0.2) is 20.6 Å². The maximum Gasteiger partial charge on any atom is 0.330 e. The highest BCUT2D eigenvalue weighted by Crippen LogP contribution is 2.50. The summed E-state index contributed by atoms with van der Waals surface area (Å²) in [6.07, 6.45) is 3.36. The number of H-pyrrole nitrogens is 1. The molecule has 13 nitrogen and oxygen atoms in total. The third-order valence-corrected chi connectivity index (χ3v) is 21.4. The first-order valence-electron chi connectivity index (χ1n) is 19.6. The fourth-order valence-corrected chi connectivity index (χ4v) is 14.2. The summed E-state index contributed by atoms with van der Waals surface area (Å²) in [6.45, 7) is 19.5. The van der Waals surface area contributed by atoms with E-state index in [4.69, 9.17) is 18.1 Å². The number of hydrogen-bond acceptors (Lipinski definition) is 10. The van der Waals surface area contributed by atoms with E-state index in [-0.39, 0.29) is 6.61 Å². The lowest BCUT2D eigenvalue weighted by Crippen LogP contribution is -2.68. The van der Waals surface area contributed by atoms with Crippen molar-refractivity contribution in [2.75, 3.05) is 26.2 Å². The second kappa shape index (κ2) is 17.9. The first-order chi connectivity index (χ1) is 26.3. The summed E-state index contributed by atoms with van der Waals surface area (Å²) in [5, 5.41) is 13.1. The molecule has 3 aliphatic heterocycles. The van der Waals surface area contributed by atoms with Crippen molar-refractivity contribution in [3.63, 3.8) is 0 Å². The molecule has 4 heterocycles. The fraction of sp³-hybridized carbons (Fsp3) is 0.575. The minimum Gasteiger partial charge on any atom is -0.405 e. The maximum atomic E-state index is 12.9. The van der Waals surface area contributed by atoms with Crippen molar-refractivity contribution in [3.05, 3.63) is 93.8 Å². The van der Waals surface area contributed by atoms with Crippen LogP contribution in [0.2, 0.25) is 23.2 Å². The highest BCUT2D eigenvalue weighted by atomic mass is 31.1. The Bertz CT molecular complexity index is 1890. The van der Waals surface area contributed by atoms with E-state index < -0.39 is 70.4 Å². The van der Waals surface area contributed by atoms with E-state index in [1.54, 1.807) is 0 Å². The third-order valence-electron chi connectivity index (χ3n) is 11.5. The van der Waals surface area contributed by atoms with Crippen molar-refractivity contribution < 1.29 is 32.7 Å². The monoisotopic (exact) mass is 828 g/mol. The Kier molecular flexibility index (Phi) is 14.1. The van der Waals surface area contributed by atoms with Crippen LogP contribution in [0, 0.1) is 0 Å². The molecule has 2 aromatic carbocycles. The van der Waals surface area contributed by atoms with E-state index in [0.717, 1.165) is 27.6 Å². The van der Waals surface area contributed by atoms with E-state index in [9.17, 15) is 24.2 Å². The predicted molar refractivity (Wildman–Crippen MR) is 225 cm³/mol. The third kappa shape index (κ3) is 9.48. The number of aromatic nitrogens is 2. The summed E-state index contributed by atoms with van der Waals surface area (Å²) >= 11 is 0. The molecule has 6 rings (SSSR count). The van der Waals surface area contributed by atoms with Crippen molar-refractivity contribution in [2.45, 2.75) is 121 Å². The highest BCUT2D eigenvalue weighted by Gasteiger charge is 2.64. The van der Waals surface area contributed by atoms with Crippen LogP contribution in [0.4, 0.5) is 0 Å². The number of aliphatic hydroxyl groups is 1. The molecule has 1 unspecified atom stereocenters. The SMILES string of the molecule is C1CCC2=NCCCN2CC1.CC(C)(C)[Si](C)(C)O[C@@]1(O[PH](=O)O)[C@@H](CO[Si](c2ccccc2)(c2ccccc2)C(C)(C)C)O[C@@H](n2ccc(=O)[nH]c2=O)[C@@H]1O. The highest BCUT2D eigenvalue weighted by molar-refractivity contribution is 7.32. The number of fused-ring (bicyclic) bond motifs is 1. The number of aliphatic hydroxyl groups excluding tert-OH is 1. The summed E-state index contributed by atoms with van der Waals surface area (Å²) in [7, 11) is -9.78. The van der Waals surface area contributed by atoms with Gasteiger partial charge in [0.2, 0.25) is 5.79 Å². The fourth-order valence-electron chi connectivity index (χ4n) is 7.59. The molecule has 0 spiro atoms. The Balaban J connectivity index is 0.000000463. The van der Waals surface area contributed by atoms with Gasteiger partial charge in [-0.05, 0) is 52.8 Å². The number of rotatable bonds is 10. The molecule has 0 radical (unpaired) electrons. The van der Waals surface area contributed by atoms with Crippen molar-refractivity contribution in [1.82, 2.24) is 14.5 Å². The van der Waals surface area contributed by atoms with E-state index in [1.165, 1.54) is 57.2 Å². The molecule has 2 fully saturated rings. The molecule has 0 amide bonds. The van der Waals surface area contributed by atoms with E-state index >= 15 is 0 Å². The minimum absolute atomic E-state index is 0.220. The number of aliphatic imine (C=N–C) groups is 1. The van der Waals surface area contributed by atoms with Gasteiger partial charge in [0.1, 0.15) is 6.10 Å². The van der Waals surface area contributed by atoms with Crippen LogP contribution in [0.5, 0.6) is 0 Å². The number of amidine groups is 1. The zero-order chi connectivity index (χ0) is 40.9. The smallest absolute Gasteiger partial charge is 0.330 e. The lowest BCUT2D eigenvalue weighted by atomic mass is 10.1. The quantitative estimate of drug-likeness (QED) is 0.141. The zero-order valence-electron chi connectivity index (χ0n) is 34.1. The Hall–Kier alpha value is -2.99. The predicted octanol–water partition coefficient (Wildman–Crippen LogP) is 5.15. The second-order valence-corrected chi connectivity index (χ2v) is 27.1. The molecule has 3 N–H and O–H groups in total. The summed E-state index contributed by atoms with van der Waals surface area (Å²) in [5.41, 5.74) is -1.46. The number of benzene rings is 2.